The fraction of sp³-hybridized carbons (Fsp3) is 0.125. The molecule has 0 saturated heterocycles. The molecule has 16 heavy (non-hydrogen) atoms. The van der Waals surface area contributed by atoms with Crippen LogP contribution in [0.4, 0.5) is 21.9 Å². The lowest BCUT2D eigenvalue weighted by atomic mass is 10.2. The molecule has 0 aliphatic carbocycles. The van der Waals surface area contributed by atoms with Crippen LogP contribution in [0.15, 0.2) is 28.5 Å². The first-order chi connectivity index (χ1) is 7.58. The SMILES string of the molecule is CN1N=Nc2cc([N+](=O)[O-])ccc2NC1=O. The summed E-state index contributed by atoms with van der Waals surface area (Å²) >= 11 is 0. The smallest absolute Gasteiger partial charge is 0.304 e. The number of nitro benzene ring substituents is 1. The molecular weight excluding hydrogens is 214 g/mol. The molecule has 0 aromatic heterocycles. The number of benzene rings is 1. The Balaban J connectivity index is 2.47. The van der Waals surface area contributed by atoms with Gasteiger partial charge in [0.15, 0.2) is 0 Å². The molecule has 1 N–H and O–H groups in total. The number of rotatable bonds is 1. The lowest BCUT2D eigenvalue weighted by Gasteiger charge is -2.07. The lowest BCUT2D eigenvalue weighted by Crippen LogP contribution is -2.25. The van der Waals surface area contributed by atoms with Gasteiger partial charge in [0.1, 0.15) is 5.69 Å². The molecule has 82 valence electrons. The van der Waals surface area contributed by atoms with Crippen molar-refractivity contribution in [3.8, 4) is 0 Å². The van der Waals surface area contributed by atoms with Crippen molar-refractivity contribution in [2.24, 2.45) is 10.3 Å². The highest BCUT2D eigenvalue weighted by Crippen LogP contribution is 2.31. The first-order valence-electron chi connectivity index (χ1n) is 4.33. The van der Waals surface area contributed by atoms with Crippen molar-refractivity contribution in [2.75, 3.05) is 12.4 Å². The summed E-state index contributed by atoms with van der Waals surface area (Å²) in [4.78, 5) is 21.3. The minimum atomic E-state index is -0.535. The molecular formula is C8H7N5O3. The monoisotopic (exact) mass is 221 g/mol. The van der Waals surface area contributed by atoms with Gasteiger partial charge in [0.05, 0.1) is 10.6 Å². The Morgan fingerprint density at radius 3 is 2.94 bits per heavy atom. The minimum Gasteiger partial charge on any atom is -0.304 e. The molecule has 0 spiro atoms. The third-order valence-corrected chi connectivity index (χ3v) is 2.01. The molecule has 0 bridgehead atoms. The predicted octanol–water partition coefficient (Wildman–Crippen LogP) is 2.07. The second kappa shape index (κ2) is 3.57. The quantitative estimate of drug-likeness (QED) is 0.580. The third-order valence-electron chi connectivity index (χ3n) is 2.01. The standard InChI is InChI=1S/C8H7N5O3/c1-12-8(14)9-6-3-2-5(13(15)16)4-7(6)10-11-12/h2-4H,1H3,(H,9,14). The van der Waals surface area contributed by atoms with Gasteiger partial charge >= 0.3 is 6.03 Å². The van der Waals surface area contributed by atoms with Crippen LogP contribution in [0.25, 0.3) is 0 Å². The van der Waals surface area contributed by atoms with Crippen molar-refractivity contribution in [3.05, 3.63) is 28.3 Å². The van der Waals surface area contributed by atoms with Crippen LogP contribution in [-0.2, 0) is 0 Å². The summed E-state index contributed by atoms with van der Waals surface area (Å²) in [7, 11) is 1.43. The molecule has 1 aromatic carbocycles. The van der Waals surface area contributed by atoms with Crippen molar-refractivity contribution in [3.63, 3.8) is 0 Å². The molecule has 0 fully saturated rings. The lowest BCUT2D eigenvalue weighted by molar-refractivity contribution is -0.384. The summed E-state index contributed by atoms with van der Waals surface area (Å²) < 4.78 is 0. The van der Waals surface area contributed by atoms with Gasteiger partial charge in [0.2, 0.25) is 0 Å². The number of nitro groups is 1. The van der Waals surface area contributed by atoms with Gasteiger partial charge in [-0.2, -0.15) is 5.01 Å². The Morgan fingerprint density at radius 1 is 1.50 bits per heavy atom. The Bertz CT molecular complexity index is 498. The molecule has 2 amide bonds. The van der Waals surface area contributed by atoms with Crippen LogP contribution in [-0.4, -0.2) is 23.0 Å². The van der Waals surface area contributed by atoms with Gasteiger partial charge in [-0.05, 0) is 6.07 Å². The number of amides is 2. The zero-order valence-electron chi connectivity index (χ0n) is 8.25. The number of fused-ring (bicyclic) bond motifs is 1. The van der Waals surface area contributed by atoms with E-state index < -0.39 is 11.0 Å². The highest BCUT2D eigenvalue weighted by Gasteiger charge is 2.17. The second-order valence-corrected chi connectivity index (χ2v) is 3.10. The van der Waals surface area contributed by atoms with E-state index in [9.17, 15) is 14.9 Å². The first-order valence-corrected chi connectivity index (χ1v) is 4.33. The topological polar surface area (TPSA) is 100 Å². The van der Waals surface area contributed by atoms with E-state index in [1.165, 1.54) is 25.2 Å². The van der Waals surface area contributed by atoms with Crippen molar-refractivity contribution in [1.29, 1.82) is 0 Å². The van der Waals surface area contributed by atoms with E-state index in [1.807, 2.05) is 0 Å². The van der Waals surface area contributed by atoms with Gasteiger partial charge in [-0.15, -0.1) is 5.11 Å². The van der Waals surface area contributed by atoms with Crippen LogP contribution >= 0.6 is 0 Å². The molecule has 0 atom stereocenters. The zero-order valence-corrected chi connectivity index (χ0v) is 8.25. The molecule has 1 aliphatic heterocycles. The average Bonchev–Trinajstić information content (AvgIpc) is 2.39. The van der Waals surface area contributed by atoms with Crippen molar-refractivity contribution >= 4 is 23.1 Å². The maximum Gasteiger partial charge on any atom is 0.343 e. The van der Waals surface area contributed by atoms with E-state index in [1.54, 1.807) is 0 Å². The number of anilines is 1. The van der Waals surface area contributed by atoms with Gasteiger partial charge < -0.3 is 5.32 Å². The van der Waals surface area contributed by atoms with E-state index in [2.05, 4.69) is 15.7 Å². The van der Waals surface area contributed by atoms with Crippen LogP contribution in [0.3, 0.4) is 0 Å². The van der Waals surface area contributed by atoms with E-state index in [-0.39, 0.29) is 11.4 Å². The summed E-state index contributed by atoms with van der Waals surface area (Å²) in [6.07, 6.45) is 0. The molecule has 1 heterocycles. The molecule has 0 radical (unpaired) electrons. The Labute approximate surface area is 89.7 Å². The Hall–Kier alpha value is -2.51. The minimum absolute atomic E-state index is 0.100. The average molecular weight is 221 g/mol. The van der Waals surface area contributed by atoms with Gasteiger partial charge in [0, 0.05) is 19.2 Å². The van der Waals surface area contributed by atoms with Gasteiger partial charge in [0.25, 0.3) is 5.69 Å². The van der Waals surface area contributed by atoms with Crippen molar-refractivity contribution < 1.29 is 9.72 Å². The summed E-state index contributed by atoms with van der Waals surface area (Å²) in [5, 5.41) is 21.4. The van der Waals surface area contributed by atoms with Gasteiger partial charge in [-0.25, -0.2) is 4.79 Å². The zero-order chi connectivity index (χ0) is 11.7. The number of non-ortho nitro benzene ring substituents is 1. The summed E-state index contributed by atoms with van der Waals surface area (Å²) in [5.74, 6) is 0. The highest BCUT2D eigenvalue weighted by molar-refractivity contribution is 5.93. The summed E-state index contributed by atoms with van der Waals surface area (Å²) in [5.41, 5.74) is 0.548. The molecule has 2 rings (SSSR count). The summed E-state index contributed by atoms with van der Waals surface area (Å²) in [6.45, 7) is 0. The predicted molar refractivity (Wildman–Crippen MR) is 54.4 cm³/mol. The fourth-order valence-corrected chi connectivity index (χ4v) is 1.17. The normalized spacial score (nSPS) is 14.1. The Kier molecular flexibility index (Phi) is 2.24. The van der Waals surface area contributed by atoms with Crippen LogP contribution in [0.1, 0.15) is 0 Å². The summed E-state index contributed by atoms with van der Waals surface area (Å²) in [6, 6.07) is 3.51. The molecule has 1 aliphatic rings. The largest absolute Gasteiger partial charge is 0.343 e. The van der Waals surface area contributed by atoms with Crippen molar-refractivity contribution in [2.45, 2.75) is 0 Å². The van der Waals surface area contributed by atoms with E-state index in [4.69, 9.17) is 0 Å². The number of urea groups is 1. The van der Waals surface area contributed by atoms with Crippen LogP contribution in [0.5, 0.6) is 0 Å². The first kappa shape index (κ1) is 10.0. The molecule has 8 heteroatoms. The van der Waals surface area contributed by atoms with Crippen LogP contribution in [0, 0.1) is 10.1 Å². The highest BCUT2D eigenvalue weighted by atomic mass is 16.6. The van der Waals surface area contributed by atoms with Crippen LogP contribution < -0.4 is 5.32 Å². The maximum absolute atomic E-state index is 11.3. The number of carbonyl (C=O) groups excluding carboxylic acids is 1. The molecule has 0 unspecified atom stereocenters. The van der Waals surface area contributed by atoms with E-state index >= 15 is 0 Å². The number of nitrogens with zero attached hydrogens (tertiary/aromatic N) is 4. The number of carbonyl (C=O) groups is 1. The second-order valence-electron chi connectivity index (χ2n) is 3.10. The maximum atomic E-state index is 11.3. The fourth-order valence-electron chi connectivity index (χ4n) is 1.17. The molecule has 1 aromatic rings. The molecule has 8 nitrogen and oxygen atoms in total. The van der Waals surface area contributed by atoms with E-state index in [0.29, 0.717) is 5.69 Å². The number of hydrogen-bond donors (Lipinski definition) is 1. The van der Waals surface area contributed by atoms with Crippen molar-refractivity contribution in [1.82, 2.24) is 5.01 Å². The van der Waals surface area contributed by atoms with E-state index in [0.717, 1.165) is 5.01 Å². The molecule has 0 saturated carbocycles. The number of nitrogens with one attached hydrogen (secondary N) is 1. The van der Waals surface area contributed by atoms with Gasteiger partial charge in [-0.3, -0.25) is 10.1 Å². The third kappa shape index (κ3) is 1.67. The number of hydrogen-bond acceptors (Lipinski definition) is 5. The van der Waals surface area contributed by atoms with Crippen LogP contribution in [0.2, 0.25) is 0 Å². The Morgan fingerprint density at radius 2 is 2.25 bits per heavy atom. The van der Waals surface area contributed by atoms with Gasteiger partial charge in [-0.1, -0.05) is 5.22 Å².